The molecule has 3 unspecified atom stereocenters. The number of nitrogens with zero attached hydrogens (tertiary/aromatic N) is 4. The molecule has 4 aliphatic rings. The number of amides is 2. The minimum Gasteiger partial charge on any atom is -0.435 e. The zero-order valence-electron chi connectivity index (χ0n) is 25.5. The summed E-state index contributed by atoms with van der Waals surface area (Å²) in [5, 5.41) is 12.0. The van der Waals surface area contributed by atoms with E-state index < -0.39 is 54.5 Å². The summed E-state index contributed by atoms with van der Waals surface area (Å²) in [5.74, 6) is -5.05. The number of ether oxygens (including phenoxy) is 3. The monoisotopic (exact) mass is 686 g/mol. The Bertz CT molecular complexity index is 1290. The maximum atomic E-state index is 14.7. The minimum absolute atomic E-state index is 0.00284. The van der Waals surface area contributed by atoms with E-state index in [-0.39, 0.29) is 19.1 Å². The SMILES string of the molecule is CC(C)N(CCSc1ccc(Cl)c(Cl)c1)C(=O)N(CCN1CCCC1)C12OC(=O)CC(O)(CC(=O)OC1N1CCCC1)C(=O)O2. The highest BCUT2D eigenvalue weighted by molar-refractivity contribution is 7.99. The molecule has 1 N–H and O–H groups in total. The predicted molar refractivity (Wildman–Crippen MR) is 167 cm³/mol. The van der Waals surface area contributed by atoms with Crippen molar-refractivity contribution in [3.05, 3.63) is 28.2 Å². The summed E-state index contributed by atoms with van der Waals surface area (Å²) in [4.78, 5) is 62.4. The number of carbonyl (C=O) groups is 4. The molecule has 3 atom stereocenters. The number of thioether (sulfide) groups is 1. The molecule has 4 saturated heterocycles. The van der Waals surface area contributed by atoms with Gasteiger partial charge in [-0.25, -0.2) is 14.5 Å². The number of halogens is 2. The summed E-state index contributed by atoms with van der Waals surface area (Å²) in [7, 11) is 0. The minimum atomic E-state index is -2.48. The highest BCUT2D eigenvalue weighted by atomic mass is 35.5. The van der Waals surface area contributed by atoms with Crippen LogP contribution in [-0.4, -0.2) is 124 Å². The van der Waals surface area contributed by atoms with Gasteiger partial charge in [-0.2, -0.15) is 0 Å². The maximum absolute atomic E-state index is 14.7. The van der Waals surface area contributed by atoms with Gasteiger partial charge in [-0.15, -0.1) is 11.8 Å². The number of cyclic esters (lactones) is 1. The van der Waals surface area contributed by atoms with Crippen molar-refractivity contribution in [3.63, 3.8) is 0 Å². The Morgan fingerprint density at radius 2 is 1.67 bits per heavy atom. The molecular weight excluding hydrogens is 647 g/mol. The summed E-state index contributed by atoms with van der Waals surface area (Å²) in [6, 6.07) is 4.43. The summed E-state index contributed by atoms with van der Waals surface area (Å²) >= 11 is 13.8. The fraction of sp³-hybridized carbons (Fsp3) is 0.667. The van der Waals surface area contributed by atoms with Crippen LogP contribution in [0, 0.1) is 0 Å². The normalized spacial score (nSPS) is 27.5. The lowest BCUT2D eigenvalue weighted by Gasteiger charge is -2.48. The van der Waals surface area contributed by atoms with Crippen molar-refractivity contribution in [1.82, 2.24) is 19.6 Å². The lowest BCUT2D eigenvalue weighted by atomic mass is 9.95. The average molecular weight is 688 g/mol. The number of aliphatic hydroxyl groups is 1. The number of benzene rings is 1. The molecule has 4 aliphatic heterocycles. The molecule has 2 bridgehead atoms. The van der Waals surface area contributed by atoms with Crippen LogP contribution >= 0.6 is 35.0 Å². The molecule has 15 heteroatoms. The van der Waals surface area contributed by atoms with E-state index in [0.717, 1.165) is 43.7 Å². The van der Waals surface area contributed by atoms with Crippen molar-refractivity contribution in [2.45, 2.75) is 81.0 Å². The molecule has 12 nitrogen and oxygen atoms in total. The first-order chi connectivity index (χ1) is 21.4. The fourth-order valence-corrected chi connectivity index (χ4v) is 7.44. The van der Waals surface area contributed by atoms with Crippen LogP contribution in [0.1, 0.15) is 52.4 Å². The maximum Gasteiger partial charge on any atom is 0.400 e. The number of esters is 3. The molecule has 0 aliphatic carbocycles. The van der Waals surface area contributed by atoms with Crippen molar-refractivity contribution >= 4 is 58.9 Å². The molecule has 4 heterocycles. The van der Waals surface area contributed by atoms with Gasteiger partial charge in [-0.3, -0.25) is 14.5 Å². The van der Waals surface area contributed by atoms with E-state index in [2.05, 4.69) is 4.90 Å². The Hall–Kier alpha value is -2.29. The summed E-state index contributed by atoms with van der Waals surface area (Å²) in [6.45, 7) is 6.97. The lowest BCUT2D eigenvalue weighted by molar-refractivity contribution is -0.338. The third-order valence-electron chi connectivity index (χ3n) is 8.59. The van der Waals surface area contributed by atoms with Gasteiger partial charge in [0.25, 0.3) is 6.23 Å². The van der Waals surface area contributed by atoms with Gasteiger partial charge in [-0.1, -0.05) is 23.2 Å². The van der Waals surface area contributed by atoms with Gasteiger partial charge in [0.15, 0.2) is 5.60 Å². The van der Waals surface area contributed by atoms with Crippen LogP contribution in [0.4, 0.5) is 4.79 Å². The Morgan fingerprint density at radius 3 is 2.33 bits per heavy atom. The van der Waals surface area contributed by atoms with Gasteiger partial charge < -0.3 is 29.1 Å². The van der Waals surface area contributed by atoms with Crippen molar-refractivity contribution < 1.29 is 38.5 Å². The topological polar surface area (TPSA) is 129 Å². The first kappa shape index (κ1) is 34.1. The number of likely N-dealkylation sites (tertiary alicyclic amines) is 2. The van der Waals surface area contributed by atoms with E-state index in [1.807, 2.05) is 19.9 Å². The molecule has 2 amide bonds. The second-order valence-electron chi connectivity index (χ2n) is 12.2. The largest absolute Gasteiger partial charge is 0.435 e. The molecule has 1 aromatic carbocycles. The first-order valence-corrected chi connectivity index (χ1v) is 17.2. The van der Waals surface area contributed by atoms with E-state index in [9.17, 15) is 24.3 Å². The molecule has 4 fully saturated rings. The van der Waals surface area contributed by atoms with Gasteiger partial charge in [-0.05, 0) is 70.8 Å². The quantitative estimate of drug-likeness (QED) is 0.287. The standard InChI is InChI=1S/C30H40Cl2N4O8S/c1-20(2)35(15-16-45-21-7-8-22(31)23(32)17-21)28(40)36(14-13-33-9-3-4-10-33)30-26(34-11-5-6-12-34)42-24(37)18-29(41,27(39)44-30)19-25(38)43-30/h7-8,17,20,26,41H,3-6,9-16,18-19H2,1-2H3. The van der Waals surface area contributed by atoms with Gasteiger partial charge in [0, 0.05) is 49.4 Å². The summed E-state index contributed by atoms with van der Waals surface area (Å²) < 4.78 is 17.8. The number of hydrogen-bond acceptors (Lipinski definition) is 11. The highest BCUT2D eigenvalue weighted by Gasteiger charge is 2.65. The number of urea groups is 1. The Balaban J connectivity index is 1.52. The Morgan fingerprint density at radius 1 is 1.00 bits per heavy atom. The number of carbonyl (C=O) groups excluding carboxylic acids is 4. The van der Waals surface area contributed by atoms with E-state index in [1.54, 1.807) is 21.9 Å². The third-order valence-corrected chi connectivity index (χ3v) is 10.3. The van der Waals surface area contributed by atoms with Crippen LogP contribution in [0.15, 0.2) is 23.1 Å². The smallest absolute Gasteiger partial charge is 0.400 e. The van der Waals surface area contributed by atoms with Crippen LogP contribution in [0.3, 0.4) is 0 Å². The Kier molecular flexibility index (Phi) is 10.8. The van der Waals surface area contributed by atoms with Crippen molar-refractivity contribution in [2.24, 2.45) is 0 Å². The molecule has 248 valence electrons. The van der Waals surface area contributed by atoms with Crippen LogP contribution in [0.5, 0.6) is 0 Å². The molecule has 5 rings (SSSR count). The van der Waals surface area contributed by atoms with Crippen LogP contribution < -0.4 is 0 Å². The zero-order valence-corrected chi connectivity index (χ0v) is 27.9. The third kappa shape index (κ3) is 7.49. The Labute approximate surface area is 277 Å². The zero-order chi connectivity index (χ0) is 32.4. The molecule has 0 saturated carbocycles. The molecule has 0 spiro atoms. The molecule has 0 radical (unpaired) electrons. The fourth-order valence-electron chi connectivity index (χ4n) is 6.19. The van der Waals surface area contributed by atoms with Gasteiger partial charge in [0.2, 0.25) is 0 Å². The van der Waals surface area contributed by atoms with Crippen LogP contribution in [0.2, 0.25) is 10.0 Å². The van der Waals surface area contributed by atoms with Gasteiger partial charge in [0.05, 0.1) is 22.9 Å². The second kappa shape index (κ2) is 14.2. The van der Waals surface area contributed by atoms with Crippen molar-refractivity contribution in [1.29, 1.82) is 0 Å². The predicted octanol–water partition coefficient (Wildman–Crippen LogP) is 3.56. The van der Waals surface area contributed by atoms with Crippen LogP contribution in [-0.2, 0) is 28.6 Å². The summed E-state index contributed by atoms with van der Waals surface area (Å²) in [5.41, 5.74) is -2.48. The summed E-state index contributed by atoms with van der Waals surface area (Å²) in [6.07, 6.45) is 0.543. The van der Waals surface area contributed by atoms with E-state index in [0.29, 0.717) is 35.4 Å². The molecule has 1 aromatic rings. The second-order valence-corrected chi connectivity index (χ2v) is 14.1. The van der Waals surface area contributed by atoms with E-state index in [4.69, 9.17) is 37.4 Å². The number of rotatable bonds is 10. The first-order valence-electron chi connectivity index (χ1n) is 15.4. The van der Waals surface area contributed by atoms with Crippen molar-refractivity contribution in [2.75, 3.05) is 51.6 Å². The molecule has 0 aromatic heterocycles. The number of fused-ring (bicyclic) bond motifs is 3. The van der Waals surface area contributed by atoms with E-state index >= 15 is 0 Å². The number of hydrogen-bond donors (Lipinski definition) is 1. The van der Waals surface area contributed by atoms with E-state index in [1.165, 1.54) is 16.7 Å². The van der Waals surface area contributed by atoms with Gasteiger partial charge >= 0.3 is 29.9 Å². The molecular formula is C30H40Cl2N4O8S. The molecule has 45 heavy (non-hydrogen) atoms. The lowest BCUT2D eigenvalue weighted by Crippen LogP contribution is -2.71. The average Bonchev–Trinajstić information content (AvgIpc) is 3.68. The van der Waals surface area contributed by atoms with Crippen LogP contribution in [0.25, 0.3) is 0 Å². The highest BCUT2D eigenvalue weighted by Crippen LogP contribution is 2.40. The van der Waals surface area contributed by atoms with Crippen molar-refractivity contribution in [3.8, 4) is 0 Å². The van der Waals surface area contributed by atoms with Gasteiger partial charge in [0.1, 0.15) is 0 Å².